The second-order valence-electron chi connectivity index (χ2n) is 3.24. The van der Waals surface area contributed by atoms with Crippen molar-refractivity contribution in [3.63, 3.8) is 0 Å². The molecule has 3 nitrogen and oxygen atoms in total. The van der Waals surface area contributed by atoms with E-state index >= 15 is 0 Å². The lowest BCUT2D eigenvalue weighted by Crippen LogP contribution is -2.33. The SMILES string of the molecule is O=C(COCC(F)(F)C(F)F)Cc1cncs1. The van der Waals surface area contributed by atoms with Crippen molar-refractivity contribution in [2.75, 3.05) is 13.2 Å². The van der Waals surface area contributed by atoms with E-state index in [0.29, 0.717) is 4.88 Å². The maximum absolute atomic E-state index is 12.4. The molecule has 0 aliphatic rings. The minimum absolute atomic E-state index is 0.00488. The molecule has 0 aliphatic carbocycles. The Hall–Kier alpha value is -1.02. The molecule has 1 aromatic heterocycles. The van der Waals surface area contributed by atoms with Gasteiger partial charge in [-0.25, -0.2) is 8.78 Å². The summed E-state index contributed by atoms with van der Waals surface area (Å²) in [6.45, 7) is -2.07. The van der Waals surface area contributed by atoms with E-state index in [0.717, 1.165) is 0 Å². The summed E-state index contributed by atoms with van der Waals surface area (Å²) in [4.78, 5) is 15.6. The number of ketones is 1. The smallest absolute Gasteiger partial charge is 0.330 e. The second-order valence-corrected chi connectivity index (χ2v) is 4.21. The van der Waals surface area contributed by atoms with E-state index in [4.69, 9.17) is 0 Å². The number of thiazole rings is 1. The monoisotopic (exact) mass is 271 g/mol. The Kier molecular flexibility index (Phi) is 5.01. The van der Waals surface area contributed by atoms with Gasteiger partial charge in [0.05, 0.1) is 5.51 Å². The van der Waals surface area contributed by atoms with Crippen LogP contribution in [0.4, 0.5) is 17.6 Å². The van der Waals surface area contributed by atoms with Crippen molar-refractivity contribution in [3.8, 4) is 0 Å². The number of aromatic nitrogens is 1. The molecule has 0 saturated heterocycles. The minimum Gasteiger partial charge on any atom is -0.367 e. The predicted molar refractivity (Wildman–Crippen MR) is 52.6 cm³/mol. The molecule has 0 unspecified atom stereocenters. The first-order chi connectivity index (χ1) is 7.92. The van der Waals surface area contributed by atoms with Crippen molar-refractivity contribution in [2.45, 2.75) is 18.8 Å². The van der Waals surface area contributed by atoms with Crippen LogP contribution in [0.1, 0.15) is 4.88 Å². The third-order valence-corrected chi connectivity index (χ3v) is 2.51. The highest BCUT2D eigenvalue weighted by Crippen LogP contribution is 2.22. The third kappa shape index (κ3) is 4.78. The average molecular weight is 271 g/mol. The fourth-order valence-electron chi connectivity index (χ4n) is 0.939. The summed E-state index contributed by atoms with van der Waals surface area (Å²) in [6.07, 6.45) is -2.32. The molecule has 1 rings (SSSR count). The van der Waals surface area contributed by atoms with E-state index in [-0.39, 0.29) is 6.42 Å². The van der Waals surface area contributed by atoms with Crippen LogP contribution >= 0.6 is 11.3 Å². The molecule has 96 valence electrons. The number of nitrogens with zero attached hydrogens (tertiary/aromatic N) is 1. The van der Waals surface area contributed by atoms with Gasteiger partial charge < -0.3 is 4.74 Å². The van der Waals surface area contributed by atoms with Crippen LogP contribution in [0.2, 0.25) is 0 Å². The Morgan fingerprint density at radius 3 is 2.76 bits per heavy atom. The Morgan fingerprint density at radius 2 is 2.24 bits per heavy atom. The molecule has 0 atom stereocenters. The first kappa shape index (κ1) is 14.0. The molecular weight excluding hydrogens is 262 g/mol. The number of hydrogen-bond acceptors (Lipinski definition) is 4. The molecule has 0 aliphatic heterocycles. The van der Waals surface area contributed by atoms with Crippen LogP contribution in [0.5, 0.6) is 0 Å². The van der Waals surface area contributed by atoms with Crippen molar-refractivity contribution in [1.82, 2.24) is 4.98 Å². The van der Waals surface area contributed by atoms with Gasteiger partial charge in [-0.1, -0.05) is 0 Å². The molecule has 0 spiro atoms. The van der Waals surface area contributed by atoms with Gasteiger partial charge in [0, 0.05) is 17.5 Å². The largest absolute Gasteiger partial charge is 0.367 e. The fourth-order valence-corrected chi connectivity index (χ4v) is 1.56. The zero-order valence-electron chi connectivity index (χ0n) is 8.54. The minimum atomic E-state index is -4.22. The second kappa shape index (κ2) is 6.06. The summed E-state index contributed by atoms with van der Waals surface area (Å²) >= 11 is 1.24. The maximum Gasteiger partial charge on any atom is 0.330 e. The predicted octanol–water partition coefficient (Wildman–Crippen LogP) is 2.17. The summed E-state index contributed by atoms with van der Waals surface area (Å²) in [5.74, 6) is -4.68. The van der Waals surface area contributed by atoms with Crippen LogP contribution in [0, 0.1) is 0 Å². The van der Waals surface area contributed by atoms with Crippen LogP contribution in [0.25, 0.3) is 0 Å². The van der Waals surface area contributed by atoms with E-state index in [2.05, 4.69) is 9.72 Å². The van der Waals surface area contributed by atoms with E-state index < -0.39 is 31.3 Å². The van der Waals surface area contributed by atoms with E-state index in [1.165, 1.54) is 23.0 Å². The van der Waals surface area contributed by atoms with E-state index in [1.54, 1.807) is 0 Å². The Labute approximate surface area is 98.4 Å². The molecular formula is C9H9F4NO2S. The molecule has 1 aromatic rings. The number of halogens is 4. The number of hydrogen-bond donors (Lipinski definition) is 0. The number of rotatable bonds is 7. The molecule has 0 saturated carbocycles. The van der Waals surface area contributed by atoms with Crippen LogP contribution in [0.3, 0.4) is 0 Å². The molecule has 0 aromatic carbocycles. The normalized spacial score (nSPS) is 12.1. The fraction of sp³-hybridized carbons (Fsp3) is 0.556. The van der Waals surface area contributed by atoms with Crippen molar-refractivity contribution < 1.29 is 27.1 Å². The molecule has 8 heteroatoms. The molecule has 0 N–H and O–H groups in total. The van der Waals surface area contributed by atoms with Crippen molar-refractivity contribution in [2.24, 2.45) is 0 Å². The lowest BCUT2D eigenvalue weighted by molar-refractivity contribution is -0.168. The summed E-state index contributed by atoms with van der Waals surface area (Å²) in [5.41, 5.74) is 1.52. The van der Waals surface area contributed by atoms with Gasteiger partial charge in [0.1, 0.15) is 13.2 Å². The standard InChI is InChI=1S/C9H9F4NO2S/c10-8(11)9(12,13)4-16-3-6(15)1-7-2-14-5-17-7/h2,5,8H,1,3-4H2. The van der Waals surface area contributed by atoms with Crippen molar-refractivity contribution in [1.29, 1.82) is 0 Å². The lowest BCUT2D eigenvalue weighted by atomic mass is 10.3. The molecule has 0 radical (unpaired) electrons. The molecule has 0 bridgehead atoms. The van der Waals surface area contributed by atoms with E-state index in [1.807, 2.05) is 0 Å². The van der Waals surface area contributed by atoms with Crippen LogP contribution in [0.15, 0.2) is 11.7 Å². The van der Waals surface area contributed by atoms with Gasteiger partial charge in [0.2, 0.25) is 0 Å². The molecule has 17 heavy (non-hydrogen) atoms. The third-order valence-electron chi connectivity index (χ3n) is 1.73. The molecule has 0 amide bonds. The quantitative estimate of drug-likeness (QED) is 0.713. The molecule has 1 heterocycles. The van der Waals surface area contributed by atoms with Gasteiger partial charge >= 0.3 is 12.3 Å². The Morgan fingerprint density at radius 1 is 1.53 bits per heavy atom. The van der Waals surface area contributed by atoms with Crippen LogP contribution < -0.4 is 0 Å². The summed E-state index contributed by atoms with van der Waals surface area (Å²) in [7, 11) is 0. The zero-order chi connectivity index (χ0) is 12.9. The Balaban J connectivity index is 2.25. The highest BCUT2D eigenvalue weighted by atomic mass is 32.1. The van der Waals surface area contributed by atoms with Gasteiger partial charge in [0.25, 0.3) is 0 Å². The highest BCUT2D eigenvalue weighted by Gasteiger charge is 2.41. The van der Waals surface area contributed by atoms with Gasteiger partial charge in [-0.2, -0.15) is 8.78 Å². The average Bonchev–Trinajstić information content (AvgIpc) is 2.69. The number of carbonyl (C=O) groups excluding carboxylic acids is 1. The van der Waals surface area contributed by atoms with Gasteiger partial charge in [-0.05, 0) is 0 Å². The first-order valence-corrected chi connectivity index (χ1v) is 5.42. The summed E-state index contributed by atoms with van der Waals surface area (Å²) in [5, 5.41) is 0. The Bertz CT molecular complexity index is 356. The van der Waals surface area contributed by atoms with Crippen LogP contribution in [-0.4, -0.2) is 36.3 Å². The number of Topliss-reactive ketones (excluding diaryl/α,β-unsaturated/α-hetero) is 1. The number of carbonyl (C=O) groups is 1. The number of alkyl halides is 4. The maximum atomic E-state index is 12.4. The van der Waals surface area contributed by atoms with Gasteiger partial charge in [-0.3, -0.25) is 9.78 Å². The van der Waals surface area contributed by atoms with Gasteiger partial charge in [-0.15, -0.1) is 11.3 Å². The van der Waals surface area contributed by atoms with Gasteiger partial charge in [0.15, 0.2) is 5.78 Å². The molecule has 0 fully saturated rings. The number of ether oxygens (including phenoxy) is 1. The van der Waals surface area contributed by atoms with Crippen LogP contribution in [-0.2, 0) is 16.0 Å². The van der Waals surface area contributed by atoms with E-state index in [9.17, 15) is 22.4 Å². The topological polar surface area (TPSA) is 39.2 Å². The zero-order valence-corrected chi connectivity index (χ0v) is 9.35. The van der Waals surface area contributed by atoms with Crippen molar-refractivity contribution >= 4 is 17.1 Å². The van der Waals surface area contributed by atoms with Crippen molar-refractivity contribution in [3.05, 3.63) is 16.6 Å². The highest BCUT2D eigenvalue weighted by molar-refractivity contribution is 7.09. The first-order valence-electron chi connectivity index (χ1n) is 4.54. The summed E-state index contributed by atoms with van der Waals surface area (Å²) < 4.78 is 52.5. The lowest BCUT2D eigenvalue weighted by Gasteiger charge is -2.14. The summed E-state index contributed by atoms with van der Waals surface area (Å²) in [6, 6.07) is 0.